The van der Waals surface area contributed by atoms with E-state index < -0.39 is 5.97 Å². The van der Waals surface area contributed by atoms with Crippen LogP contribution in [0.1, 0.15) is 33.1 Å². The average molecular weight is 181 g/mol. The second-order valence-corrected chi connectivity index (χ2v) is 2.28. The molecule has 3 heteroatoms. The van der Waals surface area contributed by atoms with Gasteiger partial charge in [0, 0.05) is 25.0 Å². The van der Waals surface area contributed by atoms with Crippen molar-refractivity contribution in [2.75, 3.05) is 0 Å². The molecule has 0 saturated heterocycles. The normalized spacial score (nSPS) is 9.10. The smallest absolute Gasteiger partial charge is 0.303 e. The van der Waals surface area contributed by atoms with Gasteiger partial charge in [0.1, 0.15) is 0 Å². The van der Waals surface area contributed by atoms with Crippen molar-refractivity contribution in [2.24, 2.45) is 5.92 Å². The van der Waals surface area contributed by atoms with E-state index in [2.05, 4.69) is 0 Å². The third-order valence-corrected chi connectivity index (χ3v) is 1.62. The van der Waals surface area contributed by atoms with Gasteiger partial charge >= 0.3 is 5.97 Å². The zero-order valence-corrected chi connectivity index (χ0v) is 7.90. The van der Waals surface area contributed by atoms with Gasteiger partial charge < -0.3 is 5.11 Å². The maximum Gasteiger partial charge on any atom is 0.303 e. The van der Waals surface area contributed by atoms with Gasteiger partial charge in [0.2, 0.25) is 0 Å². The van der Waals surface area contributed by atoms with Crippen molar-refractivity contribution in [1.82, 2.24) is 0 Å². The van der Waals surface area contributed by atoms with Crippen molar-refractivity contribution >= 4 is 5.97 Å². The van der Waals surface area contributed by atoms with Crippen LogP contribution in [0.5, 0.6) is 0 Å². The van der Waals surface area contributed by atoms with Crippen LogP contribution in [0.4, 0.5) is 0 Å². The molecule has 0 amide bonds. The molecule has 0 atom stereocenters. The molecule has 2 nitrogen and oxygen atoms in total. The molecule has 0 bridgehead atoms. The van der Waals surface area contributed by atoms with Crippen molar-refractivity contribution in [3.8, 4) is 0 Å². The molecule has 0 aliphatic rings. The van der Waals surface area contributed by atoms with Crippen molar-refractivity contribution in [2.45, 2.75) is 33.1 Å². The minimum Gasteiger partial charge on any atom is -0.481 e. The molecule has 0 aromatic heterocycles. The van der Waals surface area contributed by atoms with Crippen LogP contribution in [-0.2, 0) is 23.4 Å². The summed E-state index contributed by atoms with van der Waals surface area (Å²) in [7, 11) is 0. The number of hydrogen-bond acceptors (Lipinski definition) is 1. The van der Waals surface area contributed by atoms with E-state index >= 15 is 0 Å². The van der Waals surface area contributed by atoms with Crippen LogP contribution < -0.4 is 0 Å². The topological polar surface area (TPSA) is 37.3 Å². The van der Waals surface area contributed by atoms with E-state index in [1.165, 1.54) is 0 Å². The summed E-state index contributed by atoms with van der Waals surface area (Å²) in [6.07, 6.45) is 2.28. The molecule has 1 N–H and O–H groups in total. The summed E-state index contributed by atoms with van der Waals surface area (Å²) in [6, 6.07) is 0. The van der Waals surface area contributed by atoms with Gasteiger partial charge in [-0.2, -0.15) is 0 Å². The van der Waals surface area contributed by atoms with Crippen LogP contribution in [0, 0.1) is 5.92 Å². The van der Waals surface area contributed by atoms with E-state index in [0.717, 1.165) is 12.8 Å². The third-order valence-electron chi connectivity index (χ3n) is 1.62. The quantitative estimate of drug-likeness (QED) is 0.719. The SMILES string of the molecule is CCC(CC)CC(=O)O.[V]. The zero-order chi connectivity index (χ0) is 7.28. The first kappa shape index (κ1) is 12.7. The molecule has 0 aliphatic carbocycles. The van der Waals surface area contributed by atoms with E-state index in [-0.39, 0.29) is 18.6 Å². The monoisotopic (exact) mass is 181 g/mol. The Morgan fingerprint density at radius 1 is 1.40 bits per heavy atom. The first-order valence-electron chi connectivity index (χ1n) is 3.42. The van der Waals surface area contributed by atoms with E-state index in [1.807, 2.05) is 13.8 Å². The minimum absolute atomic E-state index is 0. The van der Waals surface area contributed by atoms with Crippen molar-refractivity contribution in [3.05, 3.63) is 0 Å². The van der Waals surface area contributed by atoms with Gasteiger partial charge in [-0.1, -0.05) is 26.7 Å². The van der Waals surface area contributed by atoms with Crippen molar-refractivity contribution in [3.63, 3.8) is 0 Å². The molecule has 0 aromatic rings. The Bertz CT molecular complexity index is 89.6. The predicted molar refractivity (Wildman–Crippen MR) is 36.3 cm³/mol. The Kier molecular flexibility index (Phi) is 9.10. The van der Waals surface area contributed by atoms with Crippen molar-refractivity contribution < 1.29 is 28.5 Å². The maximum absolute atomic E-state index is 10.1. The van der Waals surface area contributed by atoms with E-state index in [0.29, 0.717) is 12.3 Å². The Morgan fingerprint density at radius 2 is 1.80 bits per heavy atom. The summed E-state index contributed by atoms with van der Waals surface area (Å²) in [5, 5.41) is 8.35. The number of rotatable bonds is 4. The molecule has 1 radical (unpaired) electrons. The summed E-state index contributed by atoms with van der Waals surface area (Å²) >= 11 is 0. The Morgan fingerprint density at radius 3 is 1.90 bits per heavy atom. The zero-order valence-electron chi connectivity index (χ0n) is 6.50. The van der Waals surface area contributed by atoms with Gasteiger partial charge in [-0.05, 0) is 5.92 Å². The van der Waals surface area contributed by atoms with E-state index in [9.17, 15) is 4.79 Å². The molecule has 0 rings (SSSR count). The molecule has 0 aliphatic heterocycles. The molecular weight excluding hydrogens is 167 g/mol. The Labute approximate surface area is 73.9 Å². The third kappa shape index (κ3) is 6.18. The van der Waals surface area contributed by atoms with Gasteiger partial charge in [0.05, 0.1) is 0 Å². The van der Waals surface area contributed by atoms with E-state index in [4.69, 9.17) is 5.11 Å². The van der Waals surface area contributed by atoms with Gasteiger partial charge in [-0.3, -0.25) is 4.79 Å². The van der Waals surface area contributed by atoms with Crippen LogP contribution in [0.2, 0.25) is 0 Å². The summed E-state index contributed by atoms with van der Waals surface area (Å²) in [6.45, 7) is 4.05. The molecule has 10 heavy (non-hydrogen) atoms. The predicted octanol–water partition coefficient (Wildman–Crippen LogP) is 1.89. The molecule has 0 unspecified atom stereocenters. The molecule has 0 saturated carbocycles. The van der Waals surface area contributed by atoms with Crippen LogP contribution in [0.15, 0.2) is 0 Å². The number of aliphatic carboxylic acids is 1. The Hall–Kier alpha value is 0.0544. The molecule has 59 valence electrons. The molecular formula is C7H14O2V. The second kappa shape index (κ2) is 7.16. The number of carbonyl (C=O) groups is 1. The van der Waals surface area contributed by atoms with Crippen LogP contribution in [0.3, 0.4) is 0 Å². The second-order valence-electron chi connectivity index (χ2n) is 2.28. The van der Waals surface area contributed by atoms with Crippen LogP contribution in [0.25, 0.3) is 0 Å². The van der Waals surface area contributed by atoms with Crippen LogP contribution in [-0.4, -0.2) is 11.1 Å². The van der Waals surface area contributed by atoms with Crippen LogP contribution >= 0.6 is 0 Å². The molecule has 0 heterocycles. The minimum atomic E-state index is -0.677. The van der Waals surface area contributed by atoms with Crippen molar-refractivity contribution in [1.29, 1.82) is 0 Å². The molecule has 0 fully saturated rings. The van der Waals surface area contributed by atoms with Gasteiger partial charge in [0.25, 0.3) is 0 Å². The first-order chi connectivity index (χ1) is 4.20. The van der Waals surface area contributed by atoms with Gasteiger partial charge in [0.15, 0.2) is 0 Å². The standard InChI is InChI=1S/C7H14O2.V/c1-3-6(4-2)5-7(8)9;/h6H,3-5H2,1-2H3,(H,8,9);. The van der Waals surface area contributed by atoms with Gasteiger partial charge in [-0.25, -0.2) is 0 Å². The number of carboxylic acid groups (broad SMARTS) is 1. The fourth-order valence-electron chi connectivity index (χ4n) is 0.824. The molecule has 0 spiro atoms. The largest absolute Gasteiger partial charge is 0.481 e. The summed E-state index contributed by atoms with van der Waals surface area (Å²) in [4.78, 5) is 10.1. The number of carboxylic acids is 1. The first-order valence-corrected chi connectivity index (χ1v) is 3.42. The summed E-state index contributed by atoms with van der Waals surface area (Å²) in [5.41, 5.74) is 0. The Balaban J connectivity index is 0. The fraction of sp³-hybridized carbons (Fsp3) is 0.857. The van der Waals surface area contributed by atoms with E-state index in [1.54, 1.807) is 0 Å². The maximum atomic E-state index is 10.1. The average Bonchev–Trinajstić information content (AvgIpc) is 1.82. The summed E-state index contributed by atoms with van der Waals surface area (Å²) in [5.74, 6) is -0.300. The number of hydrogen-bond donors (Lipinski definition) is 1. The molecule has 0 aromatic carbocycles. The van der Waals surface area contributed by atoms with Gasteiger partial charge in [-0.15, -0.1) is 0 Å². The fourth-order valence-corrected chi connectivity index (χ4v) is 0.824. The summed E-state index contributed by atoms with van der Waals surface area (Å²) < 4.78 is 0.